The van der Waals surface area contributed by atoms with E-state index in [0.717, 1.165) is 0 Å². The fourth-order valence-electron chi connectivity index (χ4n) is 0.714. The Hall–Kier alpha value is -1.46. The van der Waals surface area contributed by atoms with Crippen molar-refractivity contribution in [3.05, 3.63) is 29.8 Å². The van der Waals surface area contributed by atoms with Crippen molar-refractivity contribution in [2.24, 2.45) is 0 Å². The predicted molar refractivity (Wildman–Crippen MR) is 42.1 cm³/mol. The van der Waals surface area contributed by atoms with Gasteiger partial charge in [-0.15, -0.1) is 0 Å². The second-order valence-corrected chi connectivity index (χ2v) is 1.98. The van der Waals surface area contributed by atoms with Crippen LogP contribution in [-0.2, 0) is 0 Å². The van der Waals surface area contributed by atoms with Crippen LogP contribution in [-0.4, -0.2) is 16.8 Å². The molecular formula is C9H8O2. The van der Waals surface area contributed by atoms with E-state index < -0.39 is 0 Å². The van der Waals surface area contributed by atoms with Gasteiger partial charge in [0.1, 0.15) is 12.4 Å². The van der Waals surface area contributed by atoms with E-state index in [-0.39, 0.29) is 12.4 Å². The summed E-state index contributed by atoms with van der Waals surface area (Å²) in [5.74, 6) is 5.21. The summed E-state index contributed by atoms with van der Waals surface area (Å²) in [7, 11) is 0. The maximum Gasteiger partial charge on any atom is 0.131 e. The lowest BCUT2D eigenvalue weighted by molar-refractivity contribution is 0.350. The molecule has 2 nitrogen and oxygen atoms in total. The Bertz CT molecular complexity index is 294. The Balaban J connectivity index is 2.95. The number of benzene rings is 1. The Morgan fingerprint density at radius 3 is 2.64 bits per heavy atom. The fraction of sp³-hybridized carbons (Fsp3) is 0.111. The molecule has 0 saturated carbocycles. The Labute approximate surface area is 65.1 Å². The van der Waals surface area contributed by atoms with Crippen molar-refractivity contribution in [3.8, 4) is 17.6 Å². The lowest BCUT2D eigenvalue weighted by Crippen LogP contribution is -1.76. The highest BCUT2D eigenvalue weighted by Gasteiger charge is 1.91. The van der Waals surface area contributed by atoms with Gasteiger partial charge in [0, 0.05) is 0 Å². The van der Waals surface area contributed by atoms with E-state index in [9.17, 15) is 0 Å². The first-order chi connectivity index (χ1) is 5.34. The highest BCUT2D eigenvalue weighted by Crippen LogP contribution is 2.13. The molecular weight excluding hydrogens is 140 g/mol. The van der Waals surface area contributed by atoms with Gasteiger partial charge in [0.2, 0.25) is 0 Å². The maximum atomic E-state index is 9.15. The van der Waals surface area contributed by atoms with Crippen LogP contribution >= 0.6 is 0 Å². The number of hydrogen-bond acceptors (Lipinski definition) is 2. The lowest BCUT2D eigenvalue weighted by Gasteiger charge is -1.92. The topological polar surface area (TPSA) is 40.5 Å². The van der Waals surface area contributed by atoms with Crippen LogP contribution in [0.1, 0.15) is 5.56 Å². The largest absolute Gasteiger partial charge is 0.507 e. The van der Waals surface area contributed by atoms with Crippen LogP contribution in [0, 0.1) is 11.8 Å². The predicted octanol–water partition coefficient (Wildman–Crippen LogP) is 0.736. The van der Waals surface area contributed by atoms with Crippen molar-refractivity contribution in [2.45, 2.75) is 0 Å². The Morgan fingerprint density at radius 1 is 1.27 bits per heavy atom. The second-order valence-electron chi connectivity index (χ2n) is 1.98. The number of aromatic hydroxyl groups is 1. The molecule has 0 heterocycles. The Kier molecular flexibility index (Phi) is 2.53. The standard InChI is InChI=1S/C9H8O2/c10-7-3-5-8-4-1-2-6-9(8)11/h1-2,4,6,10-11H,7H2. The molecule has 0 unspecified atom stereocenters. The van der Waals surface area contributed by atoms with E-state index in [1.165, 1.54) is 0 Å². The molecule has 1 rings (SSSR count). The molecule has 1 aromatic rings. The molecule has 2 heteroatoms. The molecule has 56 valence electrons. The van der Waals surface area contributed by atoms with E-state index in [4.69, 9.17) is 10.2 Å². The normalized spacial score (nSPS) is 8.45. The zero-order valence-electron chi connectivity index (χ0n) is 5.91. The van der Waals surface area contributed by atoms with Crippen molar-refractivity contribution in [3.63, 3.8) is 0 Å². The molecule has 0 saturated heterocycles. The van der Waals surface area contributed by atoms with Crippen molar-refractivity contribution < 1.29 is 10.2 Å². The van der Waals surface area contributed by atoms with Crippen molar-refractivity contribution in [1.82, 2.24) is 0 Å². The molecule has 2 N–H and O–H groups in total. The number of rotatable bonds is 0. The molecule has 0 aliphatic rings. The minimum atomic E-state index is -0.186. The van der Waals surface area contributed by atoms with Crippen LogP contribution in [0.4, 0.5) is 0 Å². The highest BCUT2D eigenvalue weighted by molar-refractivity contribution is 5.44. The maximum absolute atomic E-state index is 9.15. The molecule has 0 spiro atoms. The summed E-state index contributed by atoms with van der Waals surface area (Å²) in [6, 6.07) is 6.75. The molecule has 11 heavy (non-hydrogen) atoms. The molecule has 0 aliphatic heterocycles. The van der Waals surface area contributed by atoms with Gasteiger partial charge < -0.3 is 10.2 Å². The van der Waals surface area contributed by atoms with Gasteiger partial charge in [-0.2, -0.15) is 0 Å². The monoisotopic (exact) mass is 148 g/mol. The SMILES string of the molecule is OCC#Cc1ccccc1O. The van der Waals surface area contributed by atoms with Gasteiger partial charge in [-0.3, -0.25) is 0 Å². The van der Waals surface area contributed by atoms with Crippen LogP contribution in [0.3, 0.4) is 0 Å². The summed E-state index contributed by atoms with van der Waals surface area (Å²) in [5.41, 5.74) is 0.543. The quantitative estimate of drug-likeness (QED) is 0.532. The van der Waals surface area contributed by atoms with Gasteiger partial charge in [-0.25, -0.2) is 0 Å². The van der Waals surface area contributed by atoms with Crippen LogP contribution in [0.2, 0.25) is 0 Å². The summed E-state index contributed by atoms with van der Waals surface area (Å²) >= 11 is 0. The molecule has 0 bridgehead atoms. The van der Waals surface area contributed by atoms with Gasteiger partial charge >= 0.3 is 0 Å². The van der Waals surface area contributed by atoms with Crippen LogP contribution in [0.15, 0.2) is 24.3 Å². The van der Waals surface area contributed by atoms with Gasteiger partial charge in [0.05, 0.1) is 5.56 Å². The molecule has 0 fully saturated rings. The number of phenols is 1. The first kappa shape index (κ1) is 7.64. The average Bonchev–Trinajstić information content (AvgIpc) is 2.03. The number of aliphatic hydroxyl groups excluding tert-OH is 1. The van der Waals surface area contributed by atoms with Crippen LogP contribution in [0.25, 0.3) is 0 Å². The van der Waals surface area contributed by atoms with E-state index >= 15 is 0 Å². The minimum Gasteiger partial charge on any atom is -0.507 e. The van der Waals surface area contributed by atoms with E-state index in [2.05, 4.69) is 11.8 Å². The van der Waals surface area contributed by atoms with Crippen LogP contribution < -0.4 is 0 Å². The molecule has 0 radical (unpaired) electrons. The van der Waals surface area contributed by atoms with Gasteiger partial charge in [-0.1, -0.05) is 24.0 Å². The third-order valence-corrected chi connectivity index (χ3v) is 1.21. The third kappa shape index (κ3) is 1.99. The summed E-state index contributed by atoms with van der Waals surface area (Å²) in [6.45, 7) is -0.186. The van der Waals surface area contributed by atoms with E-state index in [1.807, 2.05) is 0 Å². The molecule has 0 amide bonds. The smallest absolute Gasteiger partial charge is 0.131 e. The van der Waals surface area contributed by atoms with Gasteiger partial charge in [-0.05, 0) is 12.1 Å². The van der Waals surface area contributed by atoms with Crippen molar-refractivity contribution in [1.29, 1.82) is 0 Å². The fourth-order valence-corrected chi connectivity index (χ4v) is 0.714. The number of para-hydroxylation sites is 1. The molecule has 1 aromatic carbocycles. The highest BCUT2D eigenvalue weighted by atomic mass is 16.3. The first-order valence-corrected chi connectivity index (χ1v) is 3.22. The van der Waals surface area contributed by atoms with Gasteiger partial charge in [0.25, 0.3) is 0 Å². The third-order valence-electron chi connectivity index (χ3n) is 1.21. The zero-order valence-corrected chi connectivity index (χ0v) is 5.91. The second kappa shape index (κ2) is 3.65. The van der Waals surface area contributed by atoms with E-state index in [1.54, 1.807) is 24.3 Å². The van der Waals surface area contributed by atoms with Crippen molar-refractivity contribution >= 4 is 0 Å². The summed E-state index contributed by atoms with van der Waals surface area (Å²) in [5, 5.41) is 17.5. The van der Waals surface area contributed by atoms with E-state index in [0.29, 0.717) is 5.56 Å². The summed E-state index contributed by atoms with van der Waals surface area (Å²) in [6.07, 6.45) is 0. The van der Waals surface area contributed by atoms with Crippen molar-refractivity contribution in [2.75, 3.05) is 6.61 Å². The van der Waals surface area contributed by atoms with Crippen LogP contribution in [0.5, 0.6) is 5.75 Å². The zero-order chi connectivity index (χ0) is 8.10. The number of hydrogen-bond donors (Lipinski definition) is 2. The van der Waals surface area contributed by atoms with Gasteiger partial charge in [0.15, 0.2) is 0 Å². The summed E-state index contributed by atoms with van der Waals surface area (Å²) < 4.78 is 0. The summed E-state index contributed by atoms with van der Waals surface area (Å²) in [4.78, 5) is 0. The molecule has 0 atom stereocenters. The first-order valence-electron chi connectivity index (χ1n) is 3.22. The number of aliphatic hydroxyl groups is 1. The lowest BCUT2D eigenvalue weighted by atomic mass is 10.2. The molecule has 0 aromatic heterocycles. The Morgan fingerprint density at radius 2 is 2.00 bits per heavy atom. The number of phenolic OH excluding ortho intramolecular Hbond substituents is 1. The molecule has 0 aliphatic carbocycles. The average molecular weight is 148 g/mol. The minimum absolute atomic E-state index is 0.147.